The number of carboxylic acids is 2. The Bertz CT molecular complexity index is 607. The van der Waals surface area contributed by atoms with E-state index in [4.69, 9.17) is 0 Å². The molecule has 11 heteroatoms. The van der Waals surface area contributed by atoms with Crippen molar-refractivity contribution in [2.75, 3.05) is 20.6 Å². The molecule has 1 aliphatic heterocycles. The molecule has 0 fully saturated rings. The molecule has 0 saturated carbocycles. The molecule has 0 bridgehead atoms. The van der Waals surface area contributed by atoms with Crippen molar-refractivity contribution in [2.24, 2.45) is 21.7 Å². The van der Waals surface area contributed by atoms with E-state index in [1.54, 1.807) is 0 Å². The number of nitrogens with zero attached hydrogens (tertiary/aromatic N) is 2. The number of aliphatic carboxylic acids is 2. The summed E-state index contributed by atoms with van der Waals surface area (Å²) in [6, 6.07) is -2.53. The molecule has 6 nitrogen and oxygen atoms in total. The van der Waals surface area contributed by atoms with E-state index in [0.717, 1.165) is 13.8 Å². The second-order valence-electron chi connectivity index (χ2n) is 6.79. The van der Waals surface area contributed by atoms with E-state index in [2.05, 4.69) is 4.99 Å². The Kier molecular flexibility index (Phi) is 6.07. The number of rotatable bonds is 6. The van der Waals surface area contributed by atoms with Crippen LogP contribution in [0.1, 0.15) is 20.3 Å². The van der Waals surface area contributed by atoms with Crippen LogP contribution in [0.25, 0.3) is 0 Å². The summed E-state index contributed by atoms with van der Waals surface area (Å²) in [5.41, 5.74) is -7.14. The third-order valence-electron chi connectivity index (χ3n) is 5.08. The van der Waals surface area contributed by atoms with Crippen LogP contribution in [0.3, 0.4) is 0 Å². The molecule has 0 aromatic heterocycles. The molecule has 0 spiro atoms. The average Bonchev–Trinajstić information content (AvgIpc) is 2.46. The summed E-state index contributed by atoms with van der Waals surface area (Å²) < 4.78 is 67.8. The Morgan fingerprint density at radius 2 is 1.73 bits per heavy atom. The number of hydrogen-bond acceptors (Lipinski definition) is 4. The summed E-state index contributed by atoms with van der Waals surface area (Å²) >= 11 is 0. The van der Waals surface area contributed by atoms with Crippen LogP contribution in [0.2, 0.25) is 0 Å². The predicted molar refractivity (Wildman–Crippen MR) is 81.4 cm³/mol. The van der Waals surface area contributed by atoms with Gasteiger partial charge in [-0.05, 0) is 27.4 Å². The third kappa shape index (κ3) is 3.28. The molecule has 1 aliphatic rings. The molecule has 1 rings (SSSR count). The first-order valence-corrected chi connectivity index (χ1v) is 7.72. The molecule has 4 unspecified atom stereocenters. The Balaban J connectivity index is 3.99. The lowest BCUT2D eigenvalue weighted by molar-refractivity contribution is -0.173. The molecule has 26 heavy (non-hydrogen) atoms. The van der Waals surface area contributed by atoms with E-state index in [1.807, 2.05) is 0 Å². The van der Waals surface area contributed by atoms with Crippen molar-refractivity contribution in [3.05, 3.63) is 0 Å². The maximum Gasteiger partial charge on any atom is 0.430 e. The van der Waals surface area contributed by atoms with Crippen LogP contribution < -0.4 is 0 Å². The standard InChI is InChI=1S/C15H21F5N2O4/c1-5-14(12(25)26)7(6-22(3)4)13(2,11(23)24)8(9(16)17)21-10(14)15(18,19)20/h7-9H,5-6H2,1-4H3,(H,23,24)(H,25,26). The molecule has 0 aliphatic carbocycles. The fraction of sp³-hybridized carbons (Fsp3) is 0.800. The van der Waals surface area contributed by atoms with Gasteiger partial charge in [0.15, 0.2) is 0 Å². The van der Waals surface area contributed by atoms with Crippen molar-refractivity contribution >= 4 is 17.7 Å². The van der Waals surface area contributed by atoms with Crippen LogP contribution in [-0.2, 0) is 9.59 Å². The topological polar surface area (TPSA) is 90.2 Å². The zero-order chi connectivity index (χ0) is 20.7. The largest absolute Gasteiger partial charge is 0.481 e. The third-order valence-corrected chi connectivity index (χ3v) is 5.08. The van der Waals surface area contributed by atoms with E-state index < -0.39 is 66.0 Å². The zero-order valence-electron chi connectivity index (χ0n) is 14.6. The number of carboxylic acid groups (broad SMARTS) is 2. The molecule has 4 atom stereocenters. The van der Waals surface area contributed by atoms with Crippen LogP contribution in [0, 0.1) is 16.7 Å². The van der Waals surface area contributed by atoms with Gasteiger partial charge in [0.1, 0.15) is 17.2 Å². The first-order chi connectivity index (χ1) is 11.7. The quantitative estimate of drug-likeness (QED) is 0.682. The molecule has 2 N–H and O–H groups in total. The number of hydrogen-bond donors (Lipinski definition) is 2. The number of aliphatic imine (C=N–C) groups is 1. The average molecular weight is 388 g/mol. The number of halogens is 5. The van der Waals surface area contributed by atoms with Gasteiger partial charge in [0.05, 0.1) is 5.41 Å². The minimum absolute atomic E-state index is 0.457. The van der Waals surface area contributed by atoms with Crippen molar-refractivity contribution in [3.8, 4) is 0 Å². The summed E-state index contributed by atoms with van der Waals surface area (Å²) in [5, 5.41) is 19.3. The maximum absolute atomic E-state index is 13.6. The number of carbonyl (C=O) groups is 2. The van der Waals surface area contributed by atoms with Gasteiger partial charge >= 0.3 is 18.1 Å². The highest BCUT2D eigenvalue weighted by Gasteiger charge is 2.69. The molecule has 0 aromatic carbocycles. The summed E-state index contributed by atoms with van der Waals surface area (Å²) in [6.07, 6.45) is -9.47. The second-order valence-corrected chi connectivity index (χ2v) is 6.79. The highest BCUT2D eigenvalue weighted by molar-refractivity contribution is 6.10. The van der Waals surface area contributed by atoms with Crippen LogP contribution >= 0.6 is 0 Å². The maximum atomic E-state index is 13.6. The van der Waals surface area contributed by atoms with Gasteiger partial charge in [-0.2, -0.15) is 13.2 Å². The van der Waals surface area contributed by atoms with Crippen molar-refractivity contribution in [2.45, 2.75) is 38.9 Å². The van der Waals surface area contributed by atoms with Gasteiger partial charge in [-0.25, -0.2) is 8.78 Å². The van der Waals surface area contributed by atoms with Crippen molar-refractivity contribution in [3.63, 3.8) is 0 Å². The Morgan fingerprint density at radius 3 is 2.00 bits per heavy atom. The van der Waals surface area contributed by atoms with Gasteiger partial charge in [0, 0.05) is 12.5 Å². The first kappa shape index (κ1) is 22.3. The van der Waals surface area contributed by atoms with Gasteiger partial charge in [0.2, 0.25) is 0 Å². The number of alkyl halides is 5. The highest BCUT2D eigenvalue weighted by Crippen LogP contribution is 2.55. The monoisotopic (exact) mass is 388 g/mol. The van der Waals surface area contributed by atoms with Crippen LogP contribution in [0.4, 0.5) is 22.0 Å². The van der Waals surface area contributed by atoms with Gasteiger partial charge in [0.25, 0.3) is 6.43 Å². The smallest absolute Gasteiger partial charge is 0.430 e. The van der Waals surface area contributed by atoms with E-state index in [1.165, 1.54) is 19.0 Å². The zero-order valence-corrected chi connectivity index (χ0v) is 14.6. The minimum Gasteiger partial charge on any atom is -0.481 e. The molecular weight excluding hydrogens is 367 g/mol. The molecule has 0 aromatic rings. The summed E-state index contributed by atoms with van der Waals surface area (Å²) in [6.45, 7) is 1.52. The Hall–Kier alpha value is -1.78. The molecule has 0 radical (unpaired) electrons. The van der Waals surface area contributed by atoms with E-state index in [9.17, 15) is 41.8 Å². The van der Waals surface area contributed by atoms with Gasteiger partial charge < -0.3 is 15.1 Å². The van der Waals surface area contributed by atoms with Gasteiger partial charge in [-0.1, -0.05) is 6.92 Å². The SMILES string of the molecule is CCC1(C(=O)O)C(C(F)(F)F)=NC(C(F)F)C(C)(C(=O)O)C1CN(C)C. The van der Waals surface area contributed by atoms with E-state index >= 15 is 0 Å². The summed E-state index contributed by atoms with van der Waals surface area (Å²) in [5.74, 6) is -5.56. The van der Waals surface area contributed by atoms with Crippen LogP contribution in [0.5, 0.6) is 0 Å². The highest BCUT2D eigenvalue weighted by atomic mass is 19.4. The fourth-order valence-electron chi connectivity index (χ4n) is 3.72. The van der Waals surface area contributed by atoms with Gasteiger partial charge in [-0.3, -0.25) is 14.6 Å². The molecular formula is C15H21F5N2O4. The predicted octanol–water partition coefficient (Wildman–Crippen LogP) is 2.39. The van der Waals surface area contributed by atoms with Crippen LogP contribution in [0.15, 0.2) is 4.99 Å². The minimum atomic E-state index is -5.30. The lowest BCUT2D eigenvalue weighted by Gasteiger charge is -2.51. The molecule has 1 heterocycles. The molecule has 0 amide bonds. The first-order valence-electron chi connectivity index (χ1n) is 7.72. The lowest BCUT2D eigenvalue weighted by Crippen LogP contribution is -2.66. The van der Waals surface area contributed by atoms with E-state index in [0.29, 0.717) is 0 Å². The fourth-order valence-corrected chi connectivity index (χ4v) is 3.72. The summed E-state index contributed by atoms with van der Waals surface area (Å²) in [4.78, 5) is 28.1. The van der Waals surface area contributed by atoms with Gasteiger partial charge in [-0.15, -0.1) is 0 Å². The normalized spacial score (nSPS) is 32.7. The Morgan fingerprint density at radius 1 is 1.23 bits per heavy atom. The Labute approximate surface area is 146 Å². The van der Waals surface area contributed by atoms with E-state index in [-0.39, 0.29) is 0 Å². The summed E-state index contributed by atoms with van der Waals surface area (Å²) in [7, 11) is 2.78. The molecule has 150 valence electrons. The van der Waals surface area contributed by atoms with Crippen molar-refractivity contribution in [1.82, 2.24) is 4.90 Å². The van der Waals surface area contributed by atoms with Crippen LogP contribution in [-0.4, -0.2) is 72.0 Å². The lowest BCUT2D eigenvalue weighted by atomic mass is 9.54. The molecule has 0 saturated heterocycles. The second kappa shape index (κ2) is 7.09. The van der Waals surface area contributed by atoms with Crippen molar-refractivity contribution < 1.29 is 41.8 Å². The van der Waals surface area contributed by atoms with Crippen molar-refractivity contribution in [1.29, 1.82) is 0 Å².